The van der Waals surface area contributed by atoms with Gasteiger partial charge in [0.25, 0.3) is 5.91 Å². The van der Waals surface area contributed by atoms with Gasteiger partial charge in [-0.15, -0.1) is 0 Å². The fourth-order valence-corrected chi connectivity index (χ4v) is 1.84. The van der Waals surface area contributed by atoms with Gasteiger partial charge in [-0.2, -0.15) is 5.26 Å². The summed E-state index contributed by atoms with van der Waals surface area (Å²) in [5.74, 6) is -0.150. The van der Waals surface area contributed by atoms with Crippen LogP contribution in [0.15, 0.2) is 22.7 Å². The first kappa shape index (κ1) is 11.7. The van der Waals surface area contributed by atoms with Crippen LogP contribution in [0.5, 0.6) is 0 Å². The Labute approximate surface area is 97.4 Å². The first-order valence-corrected chi connectivity index (χ1v) is 5.24. The van der Waals surface area contributed by atoms with E-state index in [0.29, 0.717) is 5.56 Å². The second-order valence-corrected chi connectivity index (χ2v) is 4.16. The predicted octanol–water partition coefficient (Wildman–Crippen LogP) is 2.35. The summed E-state index contributed by atoms with van der Waals surface area (Å²) < 4.78 is 0.761. The lowest BCUT2D eigenvalue weighted by atomic mass is 10.1. The minimum Gasteiger partial charge on any atom is -0.328 e. The van der Waals surface area contributed by atoms with Gasteiger partial charge in [0.1, 0.15) is 6.54 Å². The van der Waals surface area contributed by atoms with Gasteiger partial charge in [0.15, 0.2) is 0 Å². The van der Waals surface area contributed by atoms with E-state index < -0.39 is 0 Å². The number of nitrogens with zero attached hydrogens (tertiary/aromatic N) is 2. The largest absolute Gasteiger partial charge is 0.328 e. The average molecular weight is 267 g/mol. The number of carbonyl (C=O) groups excluding carboxylic acids is 1. The minimum absolute atomic E-state index is 0.0964. The number of rotatable bonds is 2. The molecule has 4 heteroatoms. The van der Waals surface area contributed by atoms with Crippen LogP contribution in [0.3, 0.4) is 0 Å². The smallest absolute Gasteiger partial charge is 0.255 e. The second-order valence-electron chi connectivity index (χ2n) is 3.30. The zero-order valence-electron chi connectivity index (χ0n) is 8.62. The van der Waals surface area contributed by atoms with E-state index in [4.69, 9.17) is 5.26 Å². The molecule has 0 aliphatic heterocycles. The van der Waals surface area contributed by atoms with Crippen molar-refractivity contribution in [2.45, 2.75) is 6.92 Å². The molecule has 0 heterocycles. The Hall–Kier alpha value is -1.34. The third-order valence-corrected chi connectivity index (χ3v) is 2.67. The molecule has 1 aromatic carbocycles. The summed E-state index contributed by atoms with van der Waals surface area (Å²) in [6.07, 6.45) is 0. The van der Waals surface area contributed by atoms with Gasteiger partial charge in [-0.1, -0.05) is 6.07 Å². The van der Waals surface area contributed by atoms with Crippen LogP contribution in [-0.2, 0) is 0 Å². The maximum Gasteiger partial charge on any atom is 0.255 e. The molecule has 0 fully saturated rings. The molecule has 78 valence electrons. The molecule has 0 radical (unpaired) electrons. The molecule has 0 spiro atoms. The summed E-state index contributed by atoms with van der Waals surface area (Å²) in [5.41, 5.74) is 1.67. The summed E-state index contributed by atoms with van der Waals surface area (Å²) in [5, 5.41) is 8.49. The molecule has 1 amide bonds. The number of aryl methyl sites for hydroxylation is 1. The highest BCUT2D eigenvalue weighted by molar-refractivity contribution is 9.10. The van der Waals surface area contributed by atoms with Crippen molar-refractivity contribution in [1.29, 1.82) is 5.26 Å². The van der Waals surface area contributed by atoms with Gasteiger partial charge in [-0.25, -0.2) is 0 Å². The number of nitriles is 1. The molecule has 0 atom stereocenters. The van der Waals surface area contributed by atoms with Crippen LogP contribution in [0, 0.1) is 18.3 Å². The van der Waals surface area contributed by atoms with Gasteiger partial charge in [0.05, 0.1) is 11.6 Å². The molecule has 0 bridgehead atoms. The number of carbonyl (C=O) groups is 1. The zero-order valence-corrected chi connectivity index (χ0v) is 10.2. The molecule has 15 heavy (non-hydrogen) atoms. The molecule has 0 N–H and O–H groups in total. The molecule has 0 saturated carbocycles. The van der Waals surface area contributed by atoms with Crippen molar-refractivity contribution in [3.8, 4) is 6.07 Å². The van der Waals surface area contributed by atoms with Gasteiger partial charge in [-0.3, -0.25) is 4.79 Å². The average Bonchev–Trinajstić information content (AvgIpc) is 2.17. The van der Waals surface area contributed by atoms with Crippen molar-refractivity contribution in [2.75, 3.05) is 13.6 Å². The molecule has 0 aliphatic rings. The maximum atomic E-state index is 11.8. The van der Waals surface area contributed by atoms with Crippen LogP contribution in [-0.4, -0.2) is 24.4 Å². The van der Waals surface area contributed by atoms with E-state index in [0.717, 1.165) is 10.0 Å². The lowest BCUT2D eigenvalue weighted by Crippen LogP contribution is -2.27. The third kappa shape index (κ3) is 2.80. The second kappa shape index (κ2) is 4.94. The Kier molecular flexibility index (Phi) is 3.87. The van der Waals surface area contributed by atoms with Crippen molar-refractivity contribution >= 4 is 21.8 Å². The molecule has 0 saturated heterocycles. The lowest BCUT2D eigenvalue weighted by Gasteiger charge is -2.14. The summed E-state index contributed by atoms with van der Waals surface area (Å²) in [4.78, 5) is 13.2. The van der Waals surface area contributed by atoms with Crippen LogP contribution >= 0.6 is 15.9 Å². The topological polar surface area (TPSA) is 44.1 Å². The monoisotopic (exact) mass is 266 g/mol. The molecule has 3 nitrogen and oxygen atoms in total. The summed E-state index contributed by atoms with van der Waals surface area (Å²) in [6.45, 7) is 2.05. The highest BCUT2D eigenvalue weighted by Crippen LogP contribution is 2.19. The Morgan fingerprint density at radius 1 is 1.60 bits per heavy atom. The maximum absolute atomic E-state index is 11.8. The van der Waals surface area contributed by atoms with E-state index in [9.17, 15) is 4.79 Å². The van der Waals surface area contributed by atoms with Crippen LogP contribution in [0.1, 0.15) is 15.9 Å². The first-order chi connectivity index (χ1) is 7.06. The van der Waals surface area contributed by atoms with Gasteiger partial charge in [0.2, 0.25) is 0 Å². The Balaban J connectivity index is 2.97. The Morgan fingerprint density at radius 3 is 2.80 bits per heavy atom. The molecule has 0 unspecified atom stereocenters. The fraction of sp³-hybridized carbons (Fsp3) is 0.273. The van der Waals surface area contributed by atoms with E-state index in [2.05, 4.69) is 15.9 Å². The van der Waals surface area contributed by atoms with Gasteiger partial charge < -0.3 is 4.90 Å². The van der Waals surface area contributed by atoms with E-state index in [-0.39, 0.29) is 12.5 Å². The predicted molar refractivity (Wildman–Crippen MR) is 61.5 cm³/mol. The lowest BCUT2D eigenvalue weighted by molar-refractivity contribution is 0.0811. The number of amides is 1. The van der Waals surface area contributed by atoms with Crippen molar-refractivity contribution in [3.05, 3.63) is 33.8 Å². The summed E-state index contributed by atoms with van der Waals surface area (Å²) >= 11 is 3.34. The van der Waals surface area contributed by atoms with E-state index in [1.165, 1.54) is 4.90 Å². The molecule has 0 aromatic heterocycles. The van der Waals surface area contributed by atoms with Crippen molar-refractivity contribution in [1.82, 2.24) is 4.90 Å². The van der Waals surface area contributed by atoms with Gasteiger partial charge in [-0.05, 0) is 40.5 Å². The van der Waals surface area contributed by atoms with Crippen molar-refractivity contribution in [3.63, 3.8) is 0 Å². The zero-order chi connectivity index (χ0) is 11.4. The van der Waals surface area contributed by atoms with Crippen LogP contribution in [0.4, 0.5) is 0 Å². The Bertz CT molecular complexity index is 423. The normalized spacial score (nSPS) is 9.47. The van der Waals surface area contributed by atoms with Gasteiger partial charge >= 0.3 is 0 Å². The van der Waals surface area contributed by atoms with E-state index in [1.54, 1.807) is 13.1 Å². The van der Waals surface area contributed by atoms with E-state index >= 15 is 0 Å². The van der Waals surface area contributed by atoms with Gasteiger partial charge in [0, 0.05) is 11.5 Å². The fourth-order valence-electron chi connectivity index (χ4n) is 1.18. The van der Waals surface area contributed by atoms with Crippen LogP contribution < -0.4 is 0 Å². The Morgan fingerprint density at radius 2 is 2.27 bits per heavy atom. The number of benzene rings is 1. The molecular formula is C11H11BrN2O. The molecule has 0 aliphatic carbocycles. The number of halogens is 1. The summed E-state index contributed by atoms with van der Waals surface area (Å²) in [6, 6.07) is 7.45. The molecular weight excluding hydrogens is 256 g/mol. The number of hydrogen-bond acceptors (Lipinski definition) is 2. The minimum atomic E-state index is -0.150. The highest BCUT2D eigenvalue weighted by atomic mass is 79.9. The third-order valence-electron chi connectivity index (χ3n) is 2.01. The van der Waals surface area contributed by atoms with Crippen LogP contribution in [0.25, 0.3) is 0 Å². The quantitative estimate of drug-likeness (QED) is 0.772. The highest BCUT2D eigenvalue weighted by Gasteiger charge is 2.13. The molecule has 1 rings (SSSR count). The van der Waals surface area contributed by atoms with E-state index in [1.807, 2.05) is 25.1 Å². The van der Waals surface area contributed by atoms with Crippen LogP contribution in [0.2, 0.25) is 0 Å². The van der Waals surface area contributed by atoms with Crippen molar-refractivity contribution in [2.24, 2.45) is 0 Å². The van der Waals surface area contributed by atoms with Crippen molar-refractivity contribution < 1.29 is 4.79 Å². The first-order valence-electron chi connectivity index (χ1n) is 4.45. The number of hydrogen-bond donors (Lipinski definition) is 0. The molecule has 1 aromatic rings. The SMILES string of the molecule is Cc1ccc(C(=O)N(C)CC#N)c(Br)c1. The standard InChI is InChI=1S/C11H11BrN2O/c1-8-3-4-9(10(12)7-8)11(15)14(2)6-5-13/h3-4,7H,6H2,1-2H3. The summed E-state index contributed by atoms with van der Waals surface area (Å²) in [7, 11) is 1.61.